The number of anilines is 3. The van der Waals surface area contributed by atoms with Crippen molar-refractivity contribution in [2.75, 3.05) is 17.3 Å². The van der Waals surface area contributed by atoms with Crippen LogP contribution in [0.3, 0.4) is 0 Å². The molecule has 0 saturated heterocycles. The second kappa shape index (κ2) is 6.99. The minimum atomic E-state index is -0.701. The third kappa shape index (κ3) is 3.62. The van der Waals surface area contributed by atoms with Gasteiger partial charge in [0.2, 0.25) is 5.95 Å². The lowest BCUT2D eigenvalue weighted by Gasteiger charge is -2.17. The van der Waals surface area contributed by atoms with Gasteiger partial charge in [-0.15, -0.1) is 5.10 Å². The number of nitrogens with zero attached hydrogens (tertiary/aromatic N) is 4. The predicted molar refractivity (Wildman–Crippen MR) is 88.0 cm³/mol. The van der Waals surface area contributed by atoms with Crippen molar-refractivity contribution in [1.29, 1.82) is 0 Å². The lowest BCUT2D eigenvalue weighted by molar-refractivity contribution is 0.590. The van der Waals surface area contributed by atoms with Crippen LogP contribution in [-0.4, -0.2) is 22.2 Å². The van der Waals surface area contributed by atoms with Crippen LogP contribution in [0.25, 0.3) is 0 Å². The van der Waals surface area contributed by atoms with Crippen molar-refractivity contribution in [2.24, 2.45) is 0 Å². The van der Waals surface area contributed by atoms with E-state index in [2.05, 4.69) is 20.5 Å². The Hall–Kier alpha value is -3.09. The van der Waals surface area contributed by atoms with Gasteiger partial charge in [0.05, 0.1) is 6.20 Å². The Labute approximate surface area is 138 Å². The summed E-state index contributed by atoms with van der Waals surface area (Å²) < 4.78 is 27.4. The molecule has 3 rings (SSSR count). The van der Waals surface area contributed by atoms with Gasteiger partial charge in [-0.25, -0.2) is 8.78 Å². The number of nitrogens with one attached hydrogen (secondary N) is 1. The van der Waals surface area contributed by atoms with E-state index in [1.165, 1.54) is 24.4 Å². The van der Waals surface area contributed by atoms with Crippen molar-refractivity contribution in [3.63, 3.8) is 0 Å². The van der Waals surface area contributed by atoms with Crippen LogP contribution in [-0.2, 0) is 6.54 Å². The van der Waals surface area contributed by atoms with Gasteiger partial charge in [0.15, 0.2) is 5.82 Å². The summed E-state index contributed by atoms with van der Waals surface area (Å²) in [5.74, 6) is -0.842. The van der Waals surface area contributed by atoms with Gasteiger partial charge < -0.3 is 10.2 Å². The average Bonchev–Trinajstić information content (AvgIpc) is 2.59. The molecule has 0 spiro atoms. The summed E-state index contributed by atoms with van der Waals surface area (Å²) in [4.78, 5) is 6.05. The number of aromatic nitrogens is 3. The number of hydrogen-bond donors (Lipinski definition) is 1. The first-order chi connectivity index (χ1) is 11.6. The van der Waals surface area contributed by atoms with Crippen LogP contribution in [0.1, 0.15) is 5.56 Å². The first-order valence-corrected chi connectivity index (χ1v) is 7.29. The third-order valence-electron chi connectivity index (χ3n) is 3.37. The highest BCUT2D eigenvalue weighted by atomic mass is 19.1. The molecule has 1 aromatic heterocycles. The standard InChI is InChI=1S/C17H15F2N5/c1-24(11-12-6-3-2-4-7-12)17-22-15(10-20-23-17)21-16-13(18)8-5-9-14(16)19/h2-10H,11H2,1H3,(H,21,22,23). The lowest BCUT2D eigenvalue weighted by atomic mass is 10.2. The Bertz CT molecular complexity index is 806. The van der Waals surface area contributed by atoms with Crippen molar-refractivity contribution in [2.45, 2.75) is 6.54 Å². The summed E-state index contributed by atoms with van der Waals surface area (Å²) in [6, 6.07) is 13.4. The Morgan fingerprint density at radius 1 is 1.00 bits per heavy atom. The van der Waals surface area contributed by atoms with Gasteiger partial charge in [-0.1, -0.05) is 36.4 Å². The summed E-state index contributed by atoms with van der Waals surface area (Å²) in [6.45, 7) is 0.583. The molecule has 0 aliphatic heterocycles. The van der Waals surface area contributed by atoms with Crippen molar-refractivity contribution in [3.05, 3.63) is 71.9 Å². The molecule has 0 unspecified atom stereocenters. The topological polar surface area (TPSA) is 53.9 Å². The summed E-state index contributed by atoms with van der Waals surface area (Å²) in [7, 11) is 1.82. The van der Waals surface area contributed by atoms with E-state index in [0.29, 0.717) is 12.5 Å². The van der Waals surface area contributed by atoms with E-state index in [1.54, 1.807) is 4.90 Å². The number of para-hydroxylation sites is 1. The van der Waals surface area contributed by atoms with E-state index < -0.39 is 11.6 Å². The minimum absolute atomic E-state index is 0.212. The average molecular weight is 327 g/mol. The van der Waals surface area contributed by atoms with Crippen molar-refractivity contribution < 1.29 is 8.78 Å². The largest absolute Gasteiger partial charge is 0.338 e. The highest BCUT2D eigenvalue weighted by molar-refractivity contribution is 5.57. The van der Waals surface area contributed by atoms with Crippen LogP contribution in [0.15, 0.2) is 54.7 Å². The molecule has 24 heavy (non-hydrogen) atoms. The molecule has 0 saturated carbocycles. The molecule has 3 aromatic rings. The zero-order chi connectivity index (χ0) is 16.9. The molecule has 0 fully saturated rings. The Morgan fingerprint density at radius 3 is 2.42 bits per heavy atom. The van der Waals surface area contributed by atoms with Crippen LogP contribution in [0.5, 0.6) is 0 Å². The molecule has 1 N–H and O–H groups in total. The second-order valence-electron chi connectivity index (χ2n) is 5.20. The molecule has 0 aliphatic carbocycles. The van der Waals surface area contributed by atoms with Gasteiger partial charge >= 0.3 is 0 Å². The zero-order valence-corrected chi connectivity index (χ0v) is 12.9. The SMILES string of the molecule is CN(Cc1ccccc1)c1nncc(Nc2c(F)cccc2F)n1. The van der Waals surface area contributed by atoms with Crippen molar-refractivity contribution in [1.82, 2.24) is 15.2 Å². The summed E-state index contributed by atoms with van der Waals surface area (Å²) >= 11 is 0. The molecular weight excluding hydrogens is 312 g/mol. The molecule has 5 nitrogen and oxygen atoms in total. The van der Waals surface area contributed by atoms with E-state index in [-0.39, 0.29) is 11.5 Å². The van der Waals surface area contributed by atoms with Crippen LogP contribution >= 0.6 is 0 Å². The number of rotatable bonds is 5. The summed E-state index contributed by atoms with van der Waals surface area (Å²) in [6.07, 6.45) is 1.31. The second-order valence-corrected chi connectivity index (χ2v) is 5.20. The third-order valence-corrected chi connectivity index (χ3v) is 3.37. The molecule has 1 heterocycles. The van der Waals surface area contributed by atoms with E-state index in [1.807, 2.05) is 37.4 Å². The summed E-state index contributed by atoms with van der Waals surface area (Å²) in [5.41, 5.74) is 0.816. The number of halogens is 2. The summed E-state index contributed by atoms with van der Waals surface area (Å²) in [5, 5.41) is 10.4. The van der Waals surface area contributed by atoms with E-state index >= 15 is 0 Å². The van der Waals surface area contributed by atoms with E-state index in [0.717, 1.165) is 5.56 Å². The highest BCUT2D eigenvalue weighted by Gasteiger charge is 2.11. The monoisotopic (exact) mass is 327 g/mol. The minimum Gasteiger partial charge on any atom is -0.338 e. The van der Waals surface area contributed by atoms with Crippen molar-refractivity contribution >= 4 is 17.5 Å². The maximum atomic E-state index is 13.7. The van der Waals surface area contributed by atoms with Gasteiger partial charge in [0.25, 0.3) is 0 Å². The quantitative estimate of drug-likeness (QED) is 0.777. The number of hydrogen-bond acceptors (Lipinski definition) is 5. The predicted octanol–water partition coefficient (Wildman–Crippen LogP) is 3.53. The smallest absolute Gasteiger partial charge is 0.247 e. The maximum absolute atomic E-state index is 13.7. The normalized spacial score (nSPS) is 10.5. The highest BCUT2D eigenvalue weighted by Crippen LogP contribution is 2.22. The van der Waals surface area contributed by atoms with Gasteiger partial charge in [-0.3, -0.25) is 0 Å². The van der Waals surface area contributed by atoms with Crippen LogP contribution < -0.4 is 10.2 Å². The molecule has 0 aliphatic rings. The molecule has 0 atom stereocenters. The van der Waals surface area contributed by atoms with Crippen LogP contribution in [0.4, 0.5) is 26.2 Å². The Morgan fingerprint density at radius 2 is 1.71 bits per heavy atom. The molecule has 0 radical (unpaired) electrons. The first-order valence-electron chi connectivity index (χ1n) is 7.29. The van der Waals surface area contributed by atoms with Crippen LogP contribution in [0, 0.1) is 11.6 Å². The maximum Gasteiger partial charge on any atom is 0.247 e. The van der Waals surface area contributed by atoms with Gasteiger partial charge in [0, 0.05) is 13.6 Å². The molecule has 2 aromatic carbocycles. The molecule has 0 bridgehead atoms. The van der Waals surface area contributed by atoms with Gasteiger partial charge in [0.1, 0.15) is 17.3 Å². The van der Waals surface area contributed by atoms with E-state index in [4.69, 9.17) is 0 Å². The zero-order valence-electron chi connectivity index (χ0n) is 12.9. The fraction of sp³-hybridized carbons (Fsp3) is 0.118. The van der Waals surface area contributed by atoms with Gasteiger partial charge in [-0.2, -0.15) is 10.1 Å². The van der Waals surface area contributed by atoms with E-state index in [9.17, 15) is 8.78 Å². The van der Waals surface area contributed by atoms with Crippen molar-refractivity contribution in [3.8, 4) is 0 Å². The number of benzene rings is 2. The Kier molecular flexibility index (Phi) is 4.60. The van der Waals surface area contributed by atoms with Gasteiger partial charge in [-0.05, 0) is 17.7 Å². The molecule has 7 heteroatoms. The molecule has 122 valence electrons. The fourth-order valence-corrected chi connectivity index (χ4v) is 2.19. The fourth-order valence-electron chi connectivity index (χ4n) is 2.19. The first kappa shape index (κ1) is 15.8. The Balaban J connectivity index is 1.79. The van der Waals surface area contributed by atoms with Crippen LogP contribution in [0.2, 0.25) is 0 Å². The molecular formula is C17H15F2N5. The molecule has 0 amide bonds. The lowest BCUT2D eigenvalue weighted by Crippen LogP contribution is -2.20.